The predicted molar refractivity (Wildman–Crippen MR) is 115 cm³/mol. The van der Waals surface area contributed by atoms with Crippen molar-refractivity contribution in [2.45, 2.75) is 26.3 Å². The fourth-order valence-electron chi connectivity index (χ4n) is 3.83. The van der Waals surface area contributed by atoms with Crippen LogP contribution in [-0.2, 0) is 0 Å². The lowest BCUT2D eigenvalue weighted by Gasteiger charge is -2.33. The maximum absolute atomic E-state index is 14.6. The maximum atomic E-state index is 14.6. The lowest BCUT2D eigenvalue weighted by molar-refractivity contribution is 0.146. The van der Waals surface area contributed by atoms with Gasteiger partial charge in [0.15, 0.2) is 5.82 Å². The molecule has 0 aliphatic carbocycles. The Bertz CT molecular complexity index is 1080. The normalized spacial score (nSPS) is 16.2. The number of aryl methyl sites for hydroxylation is 1. The van der Waals surface area contributed by atoms with Crippen molar-refractivity contribution < 1.29 is 13.2 Å². The molecule has 164 valence electrons. The average molecular weight is 430 g/mol. The van der Waals surface area contributed by atoms with E-state index in [2.05, 4.69) is 37.3 Å². The average Bonchev–Trinajstić information content (AvgIpc) is 2.76. The predicted octanol–water partition coefficient (Wildman–Crippen LogP) is 4.33. The summed E-state index contributed by atoms with van der Waals surface area (Å²) in [7, 11) is 2.09. The van der Waals surface area contributed by atoms with Crippen molar-refractivity contribution in [3.63, 3.8) is 0 Å². The summed E-state index contributed by atoms with van der Waals surface area (Å²) in [5.41, 5.74) is 0.283. The number of piperazine rings is 1. The van der Waals surface area contributed by atoms with E-state index in [1.165, 1.54) is 12.1 Å². The van der Waals surface area contributed by atoms with Crippen LogP contribution in [0.2, 0.25) is 0 Å². The van der Waals surface area contributed by atoms with Crippen molar-refractivity contribution in [2.24, 2.45) is 0 Å². The lowest BCUT2D eigenvalue weighted by Crippen LogP contribution is -2.44. The number of hydrogen-bond acceptors (Lipinski definition) is 6. The van der Waals surface area contributed by atoms with Gasteiger partial charge >= 0.3 is 0 Å². The van der Waals surface area contributed by atoms with E-state index in [1.807, 2.05) is 13.0 Å². The van der Waals surface area contributed by atoms with E-state index in [1.54, 1.807) is 13.1 Å². The third kappa shape index (κ3) is 4.27. The molecule has 1 N–H and O–H groups in total. The summed E-state index contributed by atoms with van der Waals surface area (Å²) in [6.07, 6.45) is -1.09. The minimum absolute atomic E-state index is 0.154. The highest BCUT2D eigenvalue weighted by molar-refractivity contribution is 5.94. The Balaban J connectivity index is 1.68. The van der Waals surface area contributed by atoms with Crippen LogP contribution >= 0.6 is 0 Å². The maximum Gasteiger partial charge on any atom is 0.266 e. The molecule has 3 heterocycles. The monoisotopic (exact) mass is 430 g/mol. The Kier molecular flexibility index (Phi) is 5.95. The van der Waals surface area contributed by atoms with Crippen LogP contribution in [0.25, 0.3) is 10.8 Å². The molecular weight excluding hydrogens is 405 g/mol. The van der Waals surface area contributed by atoms with Gasteiger partial charge in [0.25, 0.3) is 6.43 Å². The molecule has 1 aliphatic rings. The number of benzene rings is 1. The van der Waals surface area contributed by atoms with Gasteiger partial charge in [-0.3, -0.25) is 0 Å². The largest absolute Gasteiger partial charge is 0.361 e. The van der Waals surface area contributed by atoms with Crippen molar-refractivity contribution in [1.82, 2.24) is 20.1 Å². The van der Waals surface area contributed by atoms with E-state index in [4.69, 9.17) is 0 Å². The Morgan fingerprint density at radius 3 is 2.45 bits per heavy atom. The molecule has 1 fully saturated rings. The summed E-state index contributed by atoms with van der Waals surface area (Å²) < 4.78 is 40.8. The number of aromatic nitrogens is 3. The Hall–Kier alpha value is -2.94. The molecule has 3 aromatic rings. The molecule has 0 saturated carbocycles. The second-order valence-electron chi connectivity index (χ2n) is 7.93. The number of hydrogen-bond donors (Lipinski definition) is 1. The van der Waals surface area contributed by atoms with Gasteiger partial charge in [-0.05, 0) is 27.0 Å². The summed E-state index contributed by atoms with van der Waals surface area (Å²) >= 11 is 0. The molecule has 9 heteroatoms. The van der Waals surface area contributed by atoms with Gasteiger partial charge in [0.05, 0.1) is 17.3 Å². The van der Waals surface area contributed by atoms with Crippen LogP contribution in [0.4, 0.5) is 24.8 Å². The van der Waals surface area contributed by atoms with Crippen LogP contribution in [0.3, 0.4) is 0 Å². The lowest BCUT2D eigenvalue weighted by atomic mass is 10.0. The van der Waals surface area contributed by atoms with E-state index in [-0.39, 0.29) is 5.56 Å². The number of fused-ring (bicyclic) bond motifs is 1. The highest BCUT2D eigenvalue weighted by Crippen LogP contribution is 2.31. The molecule has 1 aliphatic heterocycles. The fourth-order valence-corrected chi connectivity index (χ4v) is 3.83. The van der Waals surface area contributed by atoms with Gasteiger partial charge in [0.2, 0.25) is 0 Å². The van der Waals surface area contributed by atoms with Gasteiger partial charge in [-0.2, -0.15) is 5.10 Å². The van der Waals surface area contributed by atoms with Crippen LogP contribution in [-0.4, -0.2) is 53.3 Å². The van der Waals surface area contributed by atoms with Crippen molar-refractivity contribution in [1.29, 1.82) is 0 Å². The second kappa shape index (κ2) is 8.66. The van der Waals surface area contributed by atoms with Crippen molar-refractivity contribution in [3.8, 4) is 0 Å². The van der Waals surface area contributed by atoms with Gasteiger partial charge < -0.3 is 15.1 Å². The molecule has 0 bridgehead atoms. The van der Waals surface area contributed by atoms with E-state index < -0.39 is 23.8 Å². The first-order valence-corrected chi connectivity index (χ1v) is 10.2. The molecule has 6 nitrogen and oxygen atoms in total. The van der Waals surface area contributed by atoms with Crippen molar-refractivity contribution in [3.05, 3.63) is 53.1 Å². The van der Waals surface area contributed by atoms with Crippen LogP contribution < -0.4 is 10.2 Å². The van der Waals surface area contributed by atoms with E-state index in [0.29, 0.717) is 5.82 Å². The quantitative estimate of drug-likeness (QED) is 0.650. The Labute approximate surface area is 179 Å². The van der Waals surface area contributed by atoms with Crippen LogP contribution in [0, 0.1) is 12.7 Å². The summed E-state index contributed by atoms with van der Waals surface area (Å²) in [4.78, 5) is 9.09. The molecule has 4 rings (SSSR count). The third-order valence-electron chi connectivity index (χ3n) is 5.77. The minimum Gasteiger partial charge on any atom is -0.361 e. The molecule has 0 spiro atoms. The van der Waals surface area contributed by atoms with Crippen LogP contribution in [0.1, 0.15) is 36.2 Å². The molecule has 1 aromatic carbocycles. The molecule has 0 unspecified atom stereocenters. The van der Waals surface area contributed by atoms with E-state index in [0.717, 1.165) is 54.5 Å². The molecule has 1 saturated heterocycles. The van der Waals surface area contributed by atoms with Crippen molar-refractivity contribution >= 4 is 22.4 Å². The van der Waals surface area contributed by atoms with Gasteiger partial charge in [-0.1, -0.05) is 18.2 Å². The highest BCUT2D eigenvalue weighted by atomic mass is 19.3. The number of rotatable bonds is 5. The number of halogens is 3. The standard InChI is InChI=1S/C22H25F3N6/c1-13(15-5-4-6-16(20(15)23)21(24)25)27-22-17-11-19(31-9-7-30(3)8-10-31)26-12-18(17)14(2)28-29-22/h4-6,11-13,21H,7-10H2,1-3H3,(H,27,29)/t13-/m1/s1. The zero-order valence-corrected chi connectivity index (χ0v) is 17.7. The molecule has 1 atom stereocenters. The summed E-state index contributed by atoms with van der Waals surface area (Å²) in [5, 5.41) is 13.3. The SMILES string of the molecule is Cc1nnc(N[C@H](C)c2cccc(C(F)F)c2F)c2cc(N3CCN(C)CC3)ncc12. The number of alkyl halides is 2. The fraction of sp³-hybridized carbons (Fsp3) is 0.409. The number of nitrogens with zero attached hydrogens (tertiary/aromatic N) is 5. The van der Waals surface area contributed by atoms with E-state index >= 15 is 0 Å². The summed E-state index contributed by atoms with van der Waals surface area (Å²) in [5.74, 6) is 0.406. The number of nitrogens with one attached hydrogen (secondary N) is 1. The van der Waals surface area contributed by atoms with Crippen LogP contribution in [0.15, 0.2) is 30.5 Å². The molecular formula is C22H25F3N6. The molecule has 0 radical (unpaired) electrons. The Morgan fingerprint density at radius 2 is 1.74 bits per heavy atom. The smallest absolute Gasteiger partial charge is 0.266 e. The van der Waals surface area contributed by atoms with Gasteiger partial charge in [0.1, 0.15) is 11.6 Å². The number of anilines is 2. The third-order valence-corrected chi connectivity index (χ3v) is 5.77. The minimum atomic E-state index is -2.87. The van der Waals surface area contributed by atoms with Gasteiger partial charge in [-0.15, -0.1) is 5.10 Å². The second-order valence-corrected chi connectivity index (χ2v) is 7.93. The van der Waals surface area contributed by atoms with E-state index in [9.17, 15) is 13.2 Å². The summed E-state index contributed by atoms with van der Waals surface area (Å²) in [6, 6.07) is 5.42. The Morgan fingerprint density at radius 1 is 1.03 bits per heavy atom. The topological polar surface area (TPSA) is 57.2 Å². The zero-order valence-electron chi connectivity index (χ0n) is 17.7. The number of pyridine rings is 1. The number of likely N-dealkylation sites (N-methyl/N-ethyl adjacent to an activating group) is 1. The first-order chi connectivity index (χ1) is 14.8. The molecule has 31 heavy (non-hydrogen) atoms. The van der Waals surface area contributed by atoms with Crippen molar-refractivity contribution in [2.75, 3.05) is 43.4 Å². The van der Waals surface area contributed by atoms with Crippen LogP contribution in [0.5, 0.6) is 0 Å². The van der Waals surface area contributed by atoms with Gasteiger partial charge in [-0.25, -0.2) is 18.2 Å². The molecule has 2 aromatic heterocycles. The summed E-state index contributed by atoms with van der Waals surface area (Å²) in [6.45, 7) is 7.22. The first kappa shape index (κ1) is 21.3. The molecule has 0 amide bonds. The first-order valence-electron chi connectivity index (χ1n) is 10.2. The van der Waals surface area contributed by atoms with Gasteiger partial charge in [0, 0.05) is 48.7 Å². The zero-order chi connectivity index (χ0) is 22.1. The highest BCUT2D eigenvalue weighted by Gasteiger charge is 2.21.